The van der Waals surface area contributed by atoms with E-state index in [1.54, 1.807) is 17.5 Å². The predicted molar refractivity (Wildman–Crippen MR) is 82.8 cm³/mol. The summed E-state index contributed by atoms with van der Waals surface area (Å²) in [5, 5.41) is 5.10. The van der Waals surface area contributed by atoms with Gasteiger partial charge in [0.05, 0.1) is 4.88 Å². The third-order valence-electron chi connectivity index (χ3n) is 3.55. The van der Waals surface area contributed by atoms with Crippen LogP contribution in [0.5, 0.6) is 0 Å². The highest BCUT2D eigenvalue weighted by molar-refractivity contribution is 7.13. The molecule has 0 bridgehead atoms. The van der Waals surface area contributed by atoms with Crippen molar-refractivity contribution in [3.05, 3.63) is 29.9 Å². The fourth-order valence-electron chi connectivity index (χ4n) is 1.87. The number of imidazole rings is 1. The summed E-state index contributed by atoms with van der Waals surface area (Å²) in [6.07, 6.45) is 4.50. The number of hydrogen-bond donors (Lipinski definition) is 1. The fraction of sp³-hybridized carbons (Fsp3) is 0.467. The topological polar surface area (TPSA) is 46.9 Å². The molecule has 0 spiro atoms. The molecule has 4 nitrogen and oxygen atoms in total. The molecule has 2 heterocycles. The number of hydrogen-bond acceptors (Lipinski definition) is 3. The fourth-order valence-corrected chi connectivity index (χ4v) is 2.60. The number of thiophene rings is 1. The Morgan fingerprint density at radius 1 is 1.55 bits per heavy atom. The average molecular weight is 291 g/mol. The summed E-state index contributed by atoms with van der Waals surface area (Å²) in [6, 6.07) is 3.73. The Morgan fingerprint density at radius 2 is 2.30 bits per heavy atom. The Kier molecular flexibility index (Phi) is 4.28. The van der Waals surface area contributed by atoms with Gasteiger partial charge in [-0.25, -0.2) is 4.98 Å². The Morgan fingerprint density at radius 3 is 2.90 bits per heavy atom. The molecule has 0 saturated carbocycles. The zero-order chi connectivity index (χ0) is 14.8. The van der Waals surface area contributed by atoms with Crippen molar-refractivity contribution in [1.29, 1.82) is 0 Å². The molecule has 0 aliphatic heterocycles. The van der Waals surface area contributed by atoms with Crippen LogP contribution in [-0.2, 0) is 4.79 Å². The molecule has 0 aliphatic carbocycles. The molecule has 20 heavy (non-hydrogen) atoms. The Hall–Kier alpha value is -1.62. The minimum absolute atomic E-state index is 0.0210. The lowest BCUT2D eigenvalue weighted by atomic mass is 10.0. The molecule has 2 aromatic heterocycles. The first-order valence-corrected chi connectivity index (χ1v) is 7.71. The van der Waals surface area contributed by atoms with E-state index in [0.29, 0.717) is 0 Å². The van der Waals surface area contributed by atoms with Gasteiger partial charge in [-0.1, -0.05) is 13.0 Å². The summed E-state index contributed by atoms with van der Waals surface area (Å²) < 4.78 is 1.92. The summed E-state index contributed by atoms with van der Waals surface area (Å²) in [4.78, 5) is 17.8. The molecule has 0 radical (unpaired) electrons. The minimum atomic E-state index is -0.277. The Labute approximate surface area is 123 Å². The highest BCUT2D eigenvalue weighted by Gasteiger charge is 2.24. The van der Waals surface area contributed by atoms with E-state index in [2.05, 4.69) is 17.2 Å². The van der Waals surface area contributed by atoms with Crippen molar-refractivity contribution in [3.8, 4) is 10.7 Å². The maximum absolute atomic E-state index is 12.4. The van der Waals surface area contributed by atoms with Crippen LogP contribution in [0.1, 0.15) is 40.2 Å². The molecule has 1 unspecified atom stereocenters. The van der Waals surface area contributed by atoms with E-state index in [-0.39, 0.29) is 17.5 Å². The number of aromatic nitrogens is 2. The van der Waals surface area contributed by atoms with E-state index >= 15 is 0 Å². The van der Waals surface area contributed by atoms with Crippen molar-refractivity contribution in [2.24, 2.45) is 0 Å². The van der Waals surface area contributed by atoms with E-state index in [1.807, 2.05) is 49.0 Å². The molecule has 2 aromatic rings. The first kappa shape index (κ1) is 14.8. The van der Waals surface area contributed by atoms with Gasteiger partial charge in [-0.2, -0.15) is 0 Å². The number of nitrogens with one attached hydrogen (secondary N) is 1. The summed E-state index contributed by atoms with van der Waals surface area (Å²) in [7, 11) is 0. The van der Waals surface area contributed by atoms with Crippen molar-refractivity contribution in [2.45, 2.75) is 45.7 Å². The lowest BCUT2D eigenvalue weighted by Crippen LogP contribution is -2.45. The monoisotopic (exact) mass is 291 g/mol. The van der Waals surface area contributed by atoms with Crippen LogP contribution >= 0.6 is 11.3 Å². The molecule has 1 amide bonds. The maximum Gasteiger partial charge on any atom is 0.243 e. The van der Waals surface area contributed by atoms with Crippen molar-refractivity contribution < 1.29 is 4.79 Å². The van der Waals surface area contributed by atoms with Gasteiger partial charge in [0.15, 0.2) is 5.82 Å². The number of amides is 1. The van der Waals surface area contributed by atoms with Crippen molar-refractivity contribution in [2.75, 3.05) is 0 Å². The van der Waals surface area contributed by atoms with E-state index in [4.69, 9.17) is 0 Å². The molecular formula is C15H21N3OS. The molecule has 0 aromatic carbocycles. The predicted octanol–water partition coefficient (Wildman–Crippen LogP) is 3.48. The van der Waals surface area contributed by atoms with Gasteiger partial charge in [-0.3, -0.25) is 4.79 Å². The number of carbonyl (C=O) groups is 1. The van der Waals surface area contributed by atoms with Crippen LogP contribution in [0, 0.1) is 0 Å². The number of carbonyl (C=O) groups excluding carboxylic acids is 1. The minimum Gasteiger partial charge on any atom is -0.349 e. The largest absolute Gasteiger partial charge is 0.349 e. The summed E-state index contributed by atoms with van der Waals surface area (Å²) in [5.41, 5.74) is -0.185. The van der Waals surface area contributed by atoms with Gasteiger partial charge >= 0.3 is 0 Å². The quantitative estimate of drug-likeness (QED) is 0.916. The summed E-state index contributed by atoms with van der Waals surface area (Å²) >= 11 is 1.63. The number of nitrogens with zero attached hydrogens (tertiary/aromatic N) is 2. The Bertz CT molecular complexity index is 572. The zero-order valence-corrected chi connectivity index (χ0v) is 13.2. The summed E-state index contributed by atoms with van der Waals surface area (Å²) in [6.45, 7) is 8.04. The van der Waals surface area contributed by atoms with Gasteiger partial charge in [0.1, 0.15) is 6.04 Å². The average Bonchev–Trinajstić information content (AvgIpc) is 3.07. The van der Waals surface area contributed by atoms with Crippen LogP contribution in [0.25, 0.3) is 10.7 Å². The molecule has 0 aliphatic rings. The first-order valence-electron chi connectivity index (χ1n) is 6.83. The van der Waals surface area contributed by atoms with Gasteiger partial charge in [-0.05, 0) is 38.6 Å². The SMILES string of the molecule is CCC(C)(C)NC(=O)C(C)n1ccnc1-c1cccs1. The molecule has 5 heteroatoms. The van der Waals surface area contributed by atoms with Crippen molar-refractivity contribution in [3.63, 3.8) is 0 Å². The van der Waals surface area contributed by atoms with E-state index < -0.39 is 0 Å². The standard InChI is InChI=1S/C15H21N3OS/c1-5-15(3,4)17-14(19)11(2)18-9-8-16-13(18)12-7-6-10-20-12/h6-11H,5H2,1-4H3,(H,17,19). The molecule has 1 atom stereocenters. The van der Waals surface area contributed by atoms with Crippen LogP contribution in [0.15, 0.2) is 29.9 Å². The van der Waals surface area contributed by atoms with Crippen molar-refractivity contribution >= 4 is 17.2 Å². The number of rotatable bonds is 5. The third kappa shape index (κ3) is 3.10. The van der Waals surface area contributed by atoms with E-state index in [0.717, 1.165) is 17.1 Å². The molecule has 1 N–H and O–H groups in total. The zero-order valence-electron chi connectivity index (χ0n) is 12.4. The molecule has 108 valence electrons. The highest BCUT2D eigenvalue weighted by atomic mass is 32.1. The van der Waals surface area contributed by atoms with Gasteiger partial charge in [0, 0.05) is 17.9 Å². The second-order valence-corrected chi connectivity index (χ2v) is 6.49. The van der Waals surface area contributed by atoms with Gasteiger partial charge in [0.2, 0.25) is 5.91 Å². The molecule has 2 rings (SSSR count). The first-order chi connectivity index (χ1) is 9.44. The van der Waals surface area contributed by atoms with Gasteiger partial charge < -0.3 is 9.88 Å². The maximum atomic E-state index is 12.4. The second-order valence-electron chi connectivity index (χ2n) is 5.54. The van der Waals surface area contributed by atoms with Gasteiger partial charge in [-0.15, -0.1) is 11.3 Å². The smallest absolute Gasteiger partial charge is 0.243 e. The molecular weight excluding hydrogens is 270 g/mol. The van der Waals surface area contributed by atoms with Crippen LogP contribution in [0.4, 0.5) is 0 Å². The Balaban J connectivity index is 2.20. The van der Waals surface area contributed by atoms with Crippen LogP contribution in [0.2, 0.25) is 0 Å². The van der Waals surface area contributed by atoms with Crippen LogP contribution < -0.4 is 5.32 Å². The van der Waals surface area contributed by atoms with E-state index in [9.17, 15) is 4.79 Å². The van der Waals surface area contributed by atoms with E-state index in [1.165, 1.54) is 0 Å². The summed E-state index contributed by atoms with van der Waals surface area (Å²) in [5.74, 6) is 0.865. The molecule has 0 fully saturated rings. The highest BCUT2D eigenvalue weighted by Crippen LogP contribution is 2.25. The van der Waals surface area contributed by atoms with Crippen molar-refractivity contribution in [1.82, 2.24) is 14.9 Å². The normalized spacial score (nSPS) is 13.2. The third-order valence-corrected chi connectivity index (χ3v) is 4.42. The second kappa shape index (κ2) is 5.79. The molecule has 0 saturated heterocycles. The van der Waals surface area contributed by atoms with Crippen LogP contribution in [0.3, 0.4) is 0 Å². The lowest BCUT2D eigenvalue weighted by molar-refractivity contribution is -0.125. The lowest BCUT2D eigenvalue weighted by Gasteiger charge is -2.27. The van der Waals surface area contributed by atoms with Crippen LogP contribution in [-0.4, -0.2) is 21.0 Å². The van der Waals surface area contributed by atoms with Gasteiger partial charge in [0.25, 0.3) is 0 Å².